The molecule has 0 fully saturated rings. The number of hydrogen-bond donors (Lipinski definition) is 1. The molecular weight excluding hydrogens is 206 g/mol. The smallest absolute Gasteiger partial charge is 0.0951 e. The molecule has 0 bridgehead atoms. The monoisotopic (exact) mass is 227 g/mol. The Balaban J connectivity index is 2.56. The van der Waals surface area contributed by atoms with Crippen molar-refractivity contribution < 1.29 is 0 Å². The number of rotatable bonds is 6. The van der Waals surface area contributed by atoms with Gasteiger partial charge in [0.1, 0.15) is 0 Å². The standard InChI is InChI=1S/C11H21N3S/c1-4-15-6-5-9(2)14-8-13-7-11(14)10(3)12/h7-10H,4-6,12H2,1-3H3. The second kappa shape index (κ2) is 6.18. The fourth-order valence-electron chi connectivity index (χ4n) is 1.57. The van der Waals surface area contributed by atoms with E-state index in [-0.39, 0.29) is 6.04 Å². The molecule has 0 amide bonds. The van der Waals surface area contributed by atoms with Gasteiger partial charge in [-0.1, -0.05) is 6.92 Å². The largest absolute Gasteiger partial charge is 0.330 e. The lowest BCUT2D eigenvalue weighted by Crippen LogP contribution is -2.15. The number of imidazole rings is 1. The predicted octanol–water partition coefficient (Wildman–Crippen LogP) is 2.61. The lowest BCUT2D eigenvalue weighted by atomic mass is 10.2. The fraction of sp³-hybridized carbons (Fsp3) is 0.727. The van der Waals surface area contributed by atoms with E-state index in [1.807, 2.05) is 31.2 Å². The van der Waals surface area contributed by atoms with Crippen LogP contribution in [0, 0.1) is 0 Å². The Morgan fingerprint density at radius 1 is 1.53 bits per heavy atom. The van der Waals surface area contributed by atoms with Crippen LogP contribution in [0.1, 0.15) is 45.0 Å². The van der Waals surface area contributed by atoms with Crippen LogP contribution in [0.15, 0.2) is 12.5 Å². The molecule has 0 radical (unpaired) electrons. The first-order valence-corrected chi connectivity index (χ1v) is 6.67. The molecule has 2 N–H and O–H groups in total. The van der Waals surface area contributed by atoms with Gasteiger partial charge in [0.2, 0.25) is 0 Å². The van der Waals surface area contributed by atoms with Crippen molar-refractivity contribution in [1.82, 2.24) is 9.55 Å². The third kappa shape index (κ3) is 3.54. The van der Waals surface area contributed by atoms with Crippen LogP contribution < -0.4 is 5.73 Å². The maximum Gasteiger partial charge on any atom is 0.0951 e. The van der Waals surface area contributed by atoms with Gasteiger partial charge in [-0.2, -0.15) is 11.8 Å². The third-order valence-electron chi connectivity index (χ3n) is 2.52. The molecule has 1 heterocycles. The van der Waals surface area contributed by atoms with E-state index in [1.54, 1.807) is 0 Å². The van der Waals surface area contributed by atoms with Crippen LogP contribution in [0.25, 0.3) is 0 Å². The normalized spacial score (nSPS) is 15.2. The molecule has 1 aromatic heterocycles. The molecule has 86 valence electrons. The van der Waals surface area contributed by atoms with Crippen LogP contribution in [-0.2, 0) is 0 Å². The Labute approximate surface area is 96.5 Å². The van der Waals surface area contributed by atoms with Crippen LogP contribution in [0.2, 0.25) is 0 Å². The Hall–Kier alpha value is -0.480. The van der Waals surface area contributed by atoms with Gasteiger partial charge in [0, 0.05) is 18.3 Å². The number of nitrogens with zero attached hydrogens (tertiary/aromatic N) is 2. The van der Waals surface area contributed by atoms with Crippen LogP contribution in [0.3, 0.4) is 0 Å². The summed E-state index contributed by atoms with van der Waals surface area (Å²) in [5.41, 5.74) is 7.01. The molecular formula is C11H21N3S. The molecule has 0 aliphatic heterocycles. The molecule has 2 unspecified atom stereocenters. The zero-order valence-electron chi connectivity index (χ0n) is 9.81. The van der Waals surface area contributed by atoms with Crippen molar-refractivity contribution in [2.24, 2.45) is 5.73 Å². The summed E-state index contributed by atoms with van der Waals surface area (Å²) < 4.78 is 2.20. The van der Waals surface area contributed by atoms with E-state index in [1.165, 1.54) is 17.9 Å². The van der Waals surface area contributed by atoms with Crippen molar-refractivity contribution in [3.63, 3.8) is 0 Å². The van der Waals surface area contributed by atoms with Crippen molar-refractivity contribution in [3.05, 3.63) is 18.2 Å². The predicted molar refractivity (Wildman–Crippen MR) is 67.2 cm³/mol. The van der Waals surface area contributed by atoms with E-state index in [0.717, 1.165) is 5.69 Å². The molecule has 3 nitrogen and oxygen atoms in total. The Kier molecular flexibility index (Phi) is 5.19. The van der Waals surface area contributed by atoms with Crippen LogP contribution in [0.4, 0.5) is 0 Å². The maximum atomic E-state index is 5.89. The summed E-state index contributed by atoms with van der Waals surface area (Å²) in [6.45, 7) is 6.42. The van der Waals surface area contributed by atoms with E-state index in [4.69, 9.17) is 5.73 Å². The SMILES string of the molecule is CCSCCC(C)n1cncc1C(C)N. The number of hydrogen-bond acceptors (Lipinski definition) is 3. The molecule has 0 aliphatic carbocycles. The topological polar surface area (TPSA) is 43.8 Å². The summed E-state index contributed by atoms with van der Waals surface area (Å²) in [6.07, 6.45) is 4.93. The van der Waals surface area contributed by atoms with E-state index in [9.17, 15) is 0 Å². The Bertz CT molecular complexity index is 283. The molecule has 1 aromatic rings. The van der Waals surface area contributed by atoms with Gasteiger partial charge in [-0.15, -0.1) is 0 Å². The van der Waals surface area contributed by atoms with Crippen LogP contribution in [-0.4, -0.2) is 21.1 Å². The first-order chi connectivity index (χ1) is 7.16. The van der Waals surface area contributed by atoms with E-state index >= 15 is 0 Å². The minimum Gasteiger partial charge on any atom is -0.330 e. The van der Waals surface area contributed by atoms with Gasteiger partial charge in [-0.25, -0.2) is 4.98 Å². The van der Waals surface area contributed by atoms with Gasteiger partial charge in [-0.3, -0.25) is 0 Å². The molecule has 4 heteroatoms. The number of aromatic nitrogens is 2. The number of thioether (sulfide) groups is 1. The summed E-state index contributed by atoms with van der Waals surface area (Å²) in [4.78, 5) is 4.17. The average molecular weight is 227 g/mol. The second-order valence-electron chi connectivity index (χ2n) is 3.85. The molecule has 0 saturated carbocycles. The summed E-state index contributed by atoms with van der Waals surface area (Å²) in [5, 5.41) is 0. The van der Waals surface area contributed by atoms with Gasteiger partial charge in [0.25, 0.3) is 0 Å². The minimum atomic E-state index is 0.0637. The third-order valence-corrected chi connectivity index (χ3v) is 3.45. The van der Waals surface area contributed by atoms with E-state index in [0.29, 0.717) is 6.04 Å². The zero-order chi connectivity index (χ0) is 11.3. The highest BCUT2D eigenvalue weighted by atomic mass is 32.2. The van der Waals surface area contributed by atoms with Crippen molar-refractivity contribution in [2.75, 3.05) is 11.5 Å². The molecule has 0 aromatic carbocycles. The summed E-state index contributed by atoms with van der Waals surface area (Å²) in [6, 6.07) is 0.557. The number of nitrogens with two attached hydrogens (primary N) is 1. The summed E-state index contributed by atoms with van der Waals surface area (Å²) in [5.74, 6) is 2.39. The lowest BCUT2D eigenvalue weighted by Gasteiger charge is -2.17. The lowest BCUT2D eigenvalue weighted by molar-refractivity contribution is 0.502. The molecule has 1 rings (SSSR count). The van der Waals surface area contributed by atoms with Crippen molar-refractivity contribution >= 4 is 11.8 Å². The van der Waals surface area contributed by atoms with Crippen molar-refractivity contribution in [2.45, 2.75) is 39.3 Å². The maximum absolute atomic E-state index is 5.89. The average Bonchev–Trinajstić information content (AvgIpc) is 2.66. The highest BCUT2D eigenvalue weighted by Gasteiger charge is 2.11. The molecule has 15 heavy (non-hydrogen) atoms. The molecule has 0 saturated heterocycles. The van der Waals surface area contributed by atoms with Gasteiger partial charge in [0.15, 0.2) is 0 Å². The Morgan fingerprint density at radius 2 is 2.27 bits per heavy atom. The first-order valence-electron chi connectivity index (χ1n) is 5.51. The summed E-state index contributed by atoms with van der Waals surface area (Å²) in [7, 11) is 0. The molecule has 2 atom stereocenters. The van der Waals surface area contributed by atoms with Crippen LogP contribution >= 0.6 is 11.8 Å². The van der Waals surface area contributed by atoms with Crippen molar-refractivity contribution in [1.29, 1.82) is 0 Å². The highest BCUT2D eigenvalue weighted by molar-refractivity contribution is 7.99. The van der Waals surface area contributed by atoms with E-state index < -0.39 is 0 Å². The molecule has 0 aliphatic rings. The first kappa shape index (κ1) is 12.6. The van der Waals surface area contributed by atoms with Crippen LogP contribution in [0.5, 0.6) is 0 Å². The zero-order valence-corrected chi connectivity index (χ0v) is 10.6. The fourth-order valence-corrected chi connectivity index (χ4v) is 2.37. The minimum absolute atomic E-state index is 0.0637. The van der Waals surface area contributed by atoms with Gasteiger partial charge >= 0.3 is 0 Å². The van der Waals surface area contributed by atoms with Gasteiger partial charge in [0.05, 0.1) is 12.0 Å². The van der Waals surface area contributed by atoms with Gasteiger partial charge < -0.3 is 10.3 Å². The quantitative estimate of drug-likeness (QED) is 0.760. The Morgan fingerprint density at radius 3 is 2.87 bits per heavy atom. The van der Waals surface area contributed by atoms with E-state index in [2.05, 4.69) is 23.4 Å². The summed E-state index contributed by atoms with van der Waals surface area (Å²) >= 11 is 1.98. The van der Waals surface area contributed by atoms with Crippen molar-refractivity contribution in [3.8, 4) is 0 Å². The van der Waals surface area contributed by atoms with Gasteiger partial charge in [-0.05, 0) is 31.8 Å². The second-order valence-corrected chi connectivity index (χ2v) is 5.24. The molecule has 0 spiro atoms. The highest BCUT2D eigenvalue weighted by Crippen LogP contribution is 2.19.